The smallest absolute Gasteiger partial charge is 0.159 e. The standard InChI is InChI=1S/C12H7F2N3S/c13-8-2-1-6(3-9(8)14)11-17-10-4-7(15)5-16-12(10)18-11/h1-5H,15H2. The largest absolute Gasteiger partial charge is 0.397 e. The third-order valence-electron chi connectivity index (χ3n) is 2.44. The highest BCUT2D eigenvalue weighted by atomic mass is 32.1. The molecule has 0 aliphatic carbocycles. The van der Waals surface area contributed by atoms with Crippen molar-refractivity contribution in [3.05, 3.63) is 42.1 Å². The van der Waals surface area contributed by atoms with Crippen molar-refractivity contribution in [2.24, 2.45) is 0 Å². The lowest BCUT2D eigenvalue weighted by Crippen LogP contribution is -1.85. The SMILES string of the molecule is Nc1cnc2sc(-c3ccc(F)c(F)c3)nc2c1. The van der Waals surface area contributed by atoms with Gasteiger partial charge in [-0.15, -0.1) is 0 Å². The number of nitrogen functional groups attached to an aromatic ring is 1. The van der Waals surface area contributed by atoms with Crippen LogP contribution in [0.5, 0.6) is 0 Å². The zero-order valence-electron chi connectivity index (χ0n) is 9.02. The lowest BCUT2D eigenvalue weighted by atomic mass is 10.2. The molecule has 0 aliphatic rings. The zero-order chi connectivity index (χ0) is 12.7. The molecule has 0 spiro atoms. The van der Waals surface area contributed by atoms with Crippen LogP contribution in [0, 0.1) is 11.6 Å². The quantitative estimate of drug-likeness (QED) is 0.733. The third-order valence-corrected chi connectivity index (χ3v) is 3.46. The number of rotatable bonds is 1. The highest BCUT2D eigenvalue weighted by molar-refractivity contribution is 7.21. The van der Waals surface area contributed by atoms with E-state index in [2.05, 4.69) is 9.97 Å². The maximum Gasteiger partial charge on any atom is 0.159 e. The minimum atomic E-state index is -0.890. The number of halogens is 2. The van der Waals surface area contributed by atoms with E-state index in [-0.39, 0.29) is 0 Å². The molecule has 0 unspecified atom stereocenters. The fourth-order valence-electron chi connectivity index (χ4n) is 1.59. The van der Waals surface area contributed by atoms with Gasteiger partial charge in [0.2, 0.25) is 0 Å². The summed E-state index contributed by atoms with van der Waals surface area (Å²) in [5, 5.41) is 0.585. The highest BCUT2D eigenvalue weighted by Crippen LogP contribution is 2.30. The minimum Gasteiger partial charge on any atom is -0.397 e. The van der Waals surface area contributed by atoms with Gasteiger partial charge in [-0.1, -0.05) is 11.3 Å². The first-order valence-corrected chi connectivity index (χ1v) is 5.92. The van der Waals surface area contributed by atoms with Crippen molar-refractivity contribution in [2.45, 2.75) is 0 Å². The molecule has 1 aromatic carbocycles. The van der Waals surface area contributed by atoms with Crippen molar-refractivity contribution >= 4 is 27.4 Å². The first-order valence-electron chi connectivity index (χ1n) is 5.11. The lowest BCUT2D eigenvalue weighted by Gasteiger charge is -1.96. The first-order chi connectivity index (χ1) is 8.63. The Hall–Kier alpha value is -2.08. The van der Waals surface area contributed by atoms with Gasteiger partial charge in [0.05, 0.1) is 11.9 Å². The normalized spacial score (nSPS) is 11.0. The Labute approximate surface area is 105 Å². The van der Waals surface area contributed by atoms with Crippen LogP contribution in [0.4, 0.5) is 14.5 Å². The topological polar surface area (TPSA) is 51.8 Å². The van der Waals surface area contributed by atoms with Gasteiger partial charge >= 0.3 is 0 Å². The van der Waals surface area contributed by atoms with E-state index in [1.807, 2.05) is 0 Å². The number of pyridine rings is 1. The summed E-state index contributed by atoms with van der Waals surface area (Å²) in [6.45, 7) is 0. The Morgan fingerprint density at radius 2 is 1.94 bits per heavy atom. The molecule has 0 radical (unpaired) electrons. The Morgan fingerprint density at radius 1 is 1.11 bits per heavy atom. The van der Waals surface area contributed by atoms with Gasteiger partial charge in [-0.3, -0.25) is 0 Å². The van der Waals surface area contributed by atoms with E-state index >= 15 is 0 Å². The molecule has 0 aliphatic heterocycles. The molecule has 3 rings (SSSR count). The molecule has 3 nitrogen and oxygen atoms in total. The molecule has 2 N–H and O–H groups in total. The first kappa shape index (κ1) is 11.0. The second kappa shape index (κ2) is 3.99. The monoisotopic (exact) mass is 263 g/mol. The second-order valence-electron chi connectivity index (χ2n) is 3.74. The molecular formula is C12H7F2N3S. The molecule has 18 heavy (non-hydrogen) atoms. The van der Waals surface area contributed by atoms with E-state index in [1.165, 1.54) is 23.6 Å². The van der Waals surface area contributed by atoms with Crippen molar-refractivity contribution in [3.8, 4) is 10.6 Å². The van der Waals surface area contributed by atoms with Gasteiger partial charge < -0.3 is 5.73 Å². The van der Waals surface area contributed by atoms with Crippen molar-refractivity contribution in [2.75, 3.05) is 5.73 Å². The Bertz CT molecular complexity index is 739. The number of hydrogen-bond acceptors (Lipinski definition) is 4. The fourth-order valence-corrected chi connectivity index (χ4v) is 2.48. The average Bonchev–Trinajstić information content (AvgIpc) is 2.75. The van der Waals surface area contributed by atoms with E-state index < -0.39 is 11.6 Å². The summed E-state index contributed by atoms with van der Waals surface area (Å²) >= 11 is 1.31. The van der Waals surface area contributed by atoms with Gasteiger partial charge in [0.25, 0.3) is 0 Å². The maximum absolute atomic E-state index is 13.2. The van der Waals surface area contributed by atoms with Crippen LogP contribution >= 0.6 is 11.3 Å². The molecular weight excluding hydrogens is 256 g/mol. The molecule has 0 saturated heterocycles. The van der Waals surface area contributed by atoms with Crippen LogP contribution in [0.25, 0.3) is 20.9 Å². The number of aromatic nitrogens is 2. The highest BCUT2D eigenvalue weighted by Gasteiger charge is 2.10. The molecule has 6 heteroatoms. The molecule has 0 saturated carbocycles. The molecule has 0 bridgehead atoms. The number of fused-ring (bicyclic) bond motifs is 1. The molecule has 0 amide bonds. The third kappa shape index (κ3) is 1.80. The van der Waals surface area contributed by atoms with Crippen LogP contribution in [-0.2, 0) is 0 Å². The molecule has 3 aromatic rings. The van der Waals surface area contributed by atoms with Gasteiger partial charge in [-0.2, -0.15) is 0 Å². The summed E-state index contributed by atoms with van der Waals surface area (Å²) in [6, 6.07) is 5.39. The molecule has 2 heterocycles. The summed E-state index contributed by atoms with van der Waals surface area (Å²) in [5.41, 5.74) is 7.30. The predicted octanol–water partition coefficient (Wildman–Crippen LogP) is 3.22. The minimum absolute atomic E-state index is 0.518. The van der Waals surface area contributed by atoms with Crippen molar-refractivity contribution < 1.29 is 8.78 Å². The summed E-state index contributed by atoms with van der Waals surface area (Å²) in [6.07, 6.45) is 1.54. The summed E-state index contributed by atoms with van der Waals surface area (Å²) in [4.78, 5) is 9.14. The van der Waals surface area contributed by atoms with Crippen LogP contribution in [0.2, 0.25) is 0 Å². The van der Waals surface area contributed by atoms with Crippen LogP contribution in [0.15, 0.2) is 30.5 Å². The fraction of sp³-hybridized carbons (Fsp3) is 0. The van der Waals surface area contributed by atoms with Crippen LogP contribution in [0.1, 0.15) is 0 Å². The van der Waals surface area contributed by atoms with Gasteiger partial charge in [-0.25, -0.2) is 18.7 Å². The summed E-state index contributed by atoms with van der Waals surface area (Å²) in [7, 11) is 0. The van der Waals surface area contributed by atoms with E-state index in [0.717, 1.165) is 12.1 Å². The van der Waals surface area contributed by atoms with Crippen molar-refractivity contribution in [3.63, 3.8) is 0 Å². The van der Waals surface area contributed by atoms with Crippen molar-refractivity contribution in [1.29, 1.82) is 0 Å². The average molecular weight is 263 g/mol. The van der Waals surface area contributed by atoms with E-state index in [4.69, 9.17) is 5.73 Å². The van der Waals surface area contributed by atoms with Crippen LogP contribution < -0.4 is 5.73 Å². The van der Waals surface area contributed by atoms with Gasteiger partial charge in [-0.05, 0) is 24.3 Å². The Balaban J connectivity index is 2.16. The van der Waals surface area contributed by atoms with Crippen LogP contribution in [-0.4, -0.2) is 9.97 Å². The zero-order valence-corrected chi connectivity index (χ0v) is 9.84. The van der Waals surface area contributed by atoms with Gasteiger partial charge in [0.1, 0.15) is 15.4 Å². The van der Waals surface area contributed by atoms with Crippen LogP contribution in [0.3, 0.4) is 0 Å². The molecule has 0 fully saturated rings. The van der Waals surface area contributed by atoms with Gasteiger partial charge in [0.15, 0.2) is 11.6 Å². The van der Waals surface area contributed by atoms with E-state index in [9.17, 15) is 8.78 Å². The number of thiazole rings is 1. The van der Waals surface area contributed by atoms with Crippen molar-refractivity contribution in [1.82, 2.24) is 9.97 Å². The molecule has 2 aromatic heterocycles. The number of nitrogens with two attached hydrogens (primary N) is 1. The summed E-state index contributed by atoms with van der Waals surface area (Å²) < 4.78 is 26.0. The predicted molar refractivity (Wildman–Crippen MR) is 67.2 cm³/mol. The van der Waals surface area contributed by atoms with E-state index in [0.29, 0.717) is 26.6 Å². The maximum atomic E-state index is 13.2. The second-order valence-corrected chi connectivity index (χ2v) is 4.72. The molecule has 90 valence electrons. The van der Waals surface area contributed by atoms with E-state index in [1.54, 1.807) is 6.07 Å². The number of anilines is 1. The molecule has 0 atom stereocenters. The Morgan fingerprint density at radius 3 is 2.72 bits per heavy atom. The summed E-state index contributed by atoms with van der Waals surface area (Å²) in [5.74, 6) is -1.76. The Kier molecular flexibility index (Phi) is 2.45. The van der Waals surface area contributed by atoms with Gasteiger partial charge in [0, 0.05) is 5.56 Å². The number of hydrogen-bond donors (Lipinski definition) is 1. The number of benzene rings is 1. The lowest BCUT2D eigenvalue weighted by molar-refractivity contribution is 0.509. The number of nitrogens with zero attached hydrogens (tertiary/aromatic N) is 2.